The molecule has 0 bridgehead atoms. The topological polar surface area (TPSA) is 81.6 Å². The molecule has 0 atom stereocenters. The zero-order chi connectivity index (χ0) is 17.1. The SMILES string of the molecule is C/C(=N\NC(=O)c1[nH+]c(Cl)c(Cl)c(N)c1Cl)c1ccc(C)cc1. The Kier molecular flexibility index (Phi) is 5.46. The normalized spacial score (nSPS) is 11.4. The zero-order valence-electron chi connectivity index (χ0n) is 12.4. The van der Waals surface area contributed by atoms with E-state index in [0.29, 0.717) is 5.71 Å². The maximum Gasteiger partial charge on any atom is 0.337 e. The molecule has 23 heavy (non-hydrogen) atoms. The smallest absolute Gasteiger partial charge is 0.337 e. The van der Waals surface area contributed by atoms with Crippen LogP contribution in [0.1, 0.15) is 28.5 Å². The summed E-state index contributed by atoms with van der Waals surface area (Å²) in [5, 5.41) is 4.12. The molecular weight excluding hydrogens is 359 g/mol. The molecule has 0 saturated heterocycles. The van der Waals surface area contributed by atoms with Gasteiger partial charge in [-0.05, 0) is 31.0 Å². The molecule has 0 fully saturated rings. The zero-order valence-corrected chi connectivity index (χ0v) is 14.6. The summed E-state index contributed by atoms with van der Waals surface area (Å²) in [7, 11) is 0. The van der Waals surface area contributed by atoms with Crippen molar-refractivity contribution < 1.29 is 9.78 Å². The van der Waals surface area contributed by atoms with Gasteiger partial charge >= 0.3 is 5.91 Å². The van der Waals surface area contributed by atoms with E-state index in [-0.39, 0.29) is 26.6 Å². The van der Waals surface area contributed by atoms with Gasteiger partial charge in [0.15, 0.2) is 0 Å². The Morgan fingerprint density at radius 2 is 1.78 bits per heavy atom. The number of aromatic amines is 1. The number of hydrogen-bond acceptors (Lipinski definition) is 3. The third-order valence-corrected chi connectivity index (χ3v) is 4.31. The summed E-state index contributed by atoms with van der Waals surface area (Å²) in [6, 6.07) is 7.74. The lowest BCUT2D eigenvalue weighted by atomic mass is 10.1. The van der Waals surface area contributed by atoms with Crippen LogP contribution in [0.4, 0.5) is 5.69 Å². The highest BCUT2D eigenvalue weighted by atomic mass is 35.5. The number of rotatable bonds is 3. The van der Waals surface area contributed by atoms with Crippen molar-refractivity contribution in [2.24, 2.45) is 5.10 Å². The number of benzene rings is 1. The first-order valence-corrected chi connectivity index (χ1v) is 7.71. The Labute approximate surface area is 148 Å². The van der Waals surface area contributed by atoms with Crippen LogP contribution in [0.2, 0.25) is 15.2 Å². The summed E-state index contributed by atoms with van der Waals surface area (Å²) < 4.78 is 0. The first kappa shape index (κ1) is 17.5. The molecule has 0 aliphatic heterocycles. The summed E-state index contributed by atoms with van der Waals surface area (Å²) in [5.41, 5.74) is 10.8. The van der Waals surface area contributed by atoms with E-state index >= 15 is 0 Å². The summed E-state index contributed by atoms with van der Waals surface area (Å²) in [5.74, 6) is -0.577. The van der Waals surface area contributed by atoms with Crippen molar-refractivity contribution in [3.8, 4) is 0 Å². The van der Waals surface area contributed by atoms with Gasteiger partial charge < -0.3 is 5.73 Å². The lowest BCUT2D eigenvalue weighted by molar-refractivity contribution is -0.379. The number of aromatic nitrogens is 1. The molecular formula is C15H14Cl3N4O+. The lowest BCUT2D eigenvalue weighted by Gasteiger charge is -2.04. The van der Waals surface area contributed by atoms with Gasteiger partial charge in [-0.1, -0.05) is 53.0 Å². The molecule has 0 aliphatic carbocycles. The maximum atomic E-state index is 12.2. The number of aryl methyl sites for hydroxylation is 1. The van der Waals surface area contributed by atoms with Gasteiger partial charge in [0.05, 0.1) is 11.4 Å². The van der Waals surface area contributed by atoms with Gasteiger partial charge in [0.2, 0.25) is 0 Å². The van der Waals surface area contributed by atoms with Gasteiger partial charge in [0, 0.05) is 0 Å². The number of nitrogens with zero attached hydrogens (tertiary/aromatic N) is 1. The van der Waals surface area contributed by atoms with E-state index in [2.05, 4.69) is 15.5 Å². The molecule has 8 heteroatoms. The molecule has 0 aliphatic rings. The number of hydrogen-bond donors (Lipinski definition) is 2. The highest BCUT2D eigenvalue weighted by Gasteiger charge is 2.25. The second-order valence-corrected chi connectivity index (χ2v) is 5.99. The van der Waals surface area contributed by atoms with Crippen LogP contribution in [0.25, 0.3) is 0 Å². The van der Waals surface area contributed by atoms with Crippen molar-refractivity contribution in [2.45, 2.75) is 13.8 Å². The summed E-state index contributed by atoms with van der Waals surface area (Å²) in [6.45, 7) is 3.77. The molecule has 2 rings (SSSR count). The van der Waals surface area contributed by atoms with Crippen molar-refractivity contribution in [1.82, 2.24) is 5.43 Å². The molecule has 2 aromatic rings. The highest BCUT2D eigenvalue weighted by molar-refractivity contribution is 6.45. The van der Waals surface area contributed by atoms with Crippen LogP contribution in [0, 0.1) is 6.92 Å². The molecule has 1 aromatic carbocycles. The predicted octanol–water partition coefficient (Wildman–Crippen LogP) is 3.51. The van der Waals surface area contributed by atoms with E-state index in [1.165, 1.54) is 0 Å². The fraction of sp³-hybridized carbons (Fsp3) is 0.133. The monoisotopic (exact) mass is 371 g/mol. The number of nitrogens with two attached hydrogens (primary N) is 1. The van der Waals surface area contributed by atoms with E-state index in [1.54, 1.807) is 6.92 Å². The largest absolute Gasteiger partial charge is 0.396 e. The molecule has 4 N–H and O–H groups in total. The number of hydrazone groups is 1. The summed E-state index contributed by atoms with van der Waals surface area (Å²) >= 11 is 17.7. The van der Waals surface area contributed by atoms with Crippen LogP contribution in [-0.2, 0) is 0 Å². The van der Waals surface area contributed by atoms with Crippen molar-refractivity contribution in [3.63, 3.8) is 0 Å². The molecule has 0 unspecified atom stereocenters. The number of H-pyrrole nitrogens is 1. The second-order valence-electron chi connectivity index (χ2n) is 4.86. The lowest BCUT2D eigenvalue weighted by Crippen LogP contribution is -2.29. The molecule has 1 heterocycles. The molecule has 1 aromatic heterocycles. The quantitative estimate of drug-likeness (QED) is 0.491. The fourth-order valence-electron chi connectivity index (χ4n) is 1.78. The second kappa shape index (κ2) is 7.17. The minimum Gasteiger partial charge on any atom is -0.396 e. The number of halogens is 3. The standard InChI is InChI=1S/C15H13Cl3N4O/c1-7-3-5-9(6-4-7)8(2)21-22-15(23)13-10(16)12(19)11(17)14(18)20-13/h3-6H,1-2H3,(H2,19,20)(H,22,23)/p+1/b21-8+. The average molecular weight is 373 g/mol. The Hall–Kier alpha value is -1.82. The Morgan fingerprint density at radius 1 is 1.17 bits per heavy atom. The van der Waals surface area contributed by atoms with Crippen LogP contribution < -0.4 is 16.1 Å². The van der Waals surface area contributed by atoms with Gasteiger partial charge in [-0.15, -0.1) is 0 Å². The van der Waals surface area contributed by atoms with Gasteiger partial charge in [-0.2, -0.15) is 10.1 Å². The van der Waals surface area contributed by atoms with Crippen LogP contribution >= 0.6 is 34.8 Å². The minimum atomic E-state index is -0.577. The first-order valence-electron chi connectivity index (χ1n) is 6.58. The van der Waals surface area contributed by atoms with E-state index in [1.807, 2.05) is 31.2 Å². The number of pyridine rings is 1. The van der Waals surface area contributed by atoms with E-state index < -0.39 is 5.91 Å². The van der Waals surface area contributed by atoms with Crippen LogP contribution in [0.15, 0.2) is 29.4 Å². The molecule has 0 saturated carbocycles. The van der Waals surface area contributed by atoms with Gasteiger partial charge in [0.25, 0.3) is 10.8 Å². The number of nitrogen functional groups attached to an aromatic ring is 1. The van der Waals surface area contributed by atoms with E-state index in [9.17, 15) is 4.79 Å². The van der Waals surface area contributed by atoms with Gasteiger partial charge in [-0.3, -0.25) is 4.79 Å². The number of nitrogens with one attached hydrogen (secondary N) is 2. The predicted molar refractivity (Wildman–Crippen MR) is 93.3 cm³/mol. The van der Waals surface area contributed by atoms with Gasteiger partial charge in [0.1, 0.15) is 10.0 Å². The molecule has 0 spiro atoms. The number of carbonyl (C=O) groups is 1. The molecule has 5 nitrogen and oxygen atoms in total. The van der Waals surface area contributed by atoms with E-state index in [0.717, 1.165) is 11.1 Å². The third-order valence-electron chi connectivity index (χ3n) is 3.14. The summed E-state index contributed by atoms with van der Waals surface area (Å²) in [4.78, 5) is 14.8. The van der Waals surface area contributed by atoms with Gasteiger partial charge in [-0.25, -0.2) is 5.43 Å². The fourth-order valence-corrected chi connectivity index (χ4v) is 2.39. The molecule has 1 amide bonds. The number of anilines is 1. The molecule has 0 radical (unpaired) electrons. The highest BCUT2D eigenvalue weighted by Crippen LogP contribution is 2.31. The number of carbonyl (C=O) groups excluding carboxylic acids is 1. The first-order chi connectivity index (χ1) is 10.8. The minimum absolute atomic E-state index is 0.0138. The van der Waals surface area contributed by atoms with E-state index in [4.69, 9.17) is 40.5 Å². The Bertz CT molecular complexity index is 788. The van der Waals surface area contributed by atoms with Crippen molar-refractivity contribution in [2.75, 3.05) is 5.73 Å². The Morgan fingerprint density at radius 3 is 2.39 bits per heavy atom. The summed E-state index contributed by atoms with van der Waals surface area (Å²) in [6.07, 6.45) is 0. The number of amides is 1. The van der Waals surface area contributed by atoms with Crippen LogP contribution in [-0.4, -0.2) is 11.6 Å². The van der Waals surface area contributed by atoms with Crippen molar-refractivity contribution in [3.05, 3.63) is 56.3 Å². The van der Waals surface area contributed by atoms with Crippen molar-refractivity contribution >= 4 is 52.1 Å². The van der Waals surface area contributed by atoms with Crippen LogP contribution in [0.5, 0.6) is 0 Å². The Balaban J connectivity index is 2.23. The third kappa shape index (κ3) is 3.93. The maximum absolute atomic E-state index is 12.2. The van der Waals surface area contributed by atoms with Crippen molar-refractivity contribution in [1.29, 1.82) is 0 Å². The molecule has 120 valence electrons. The van der Waals surface area contributed by atoms with Crippen LogP contribution in [0.3, 0.4) is 0 Å². The average Bonchev–Trinajstić information content (AvgIpc) is 2.54.